The van der Waals surface area contributed by atoms with E-state index in [-0.39, 0.29) is 22.2 Å². The van der Waals surface area contributed by atoms with Crippen LogP contribution in [0.5, 0.6) is 5.88 Å². The van der Waals surface area contributed by atoms with Gasteiger partial charge in [-0.25, -0.2) is 18.2 Å². The molecule has 1 amide bonds. The number of nitrogens with zero attached hydrogens (tertiary/aromatic N) is 1. The molecule has 0 radical (unpaired) electrons. The van der Waals surface area contributed by atoms with E-state index in [2.05, 4.69) is 10.3 Å². The molecule has 122 valence electrons. The van der Waals surface area contributed by atoms with Crippen LogP contribution in [0.3, 0.4) is 0 Å². The normalized spacial score (nSPS) is 10.7. The molecule has 0 fully saturated rings. The standard InChI is InChI=1S/C15H12ClF3N2O2/c1-8-2-12(15(20-6-8)23-7-13(18)19)14(22)21-11-4-9(16)3-10(17)5-11/h2-6,13H,7H2,1H3,(H,21,22). The summed E-state index contributed by atoms with van der Waals surface area (Å²) in [7, 11) is 0. The van der Waals surface area contributed by atoms with Crippen LogP contribution in [0.4, 0.5) is 18.9 Å². The Morgan fingerprint density at radius 2 is 2.09 bits per heavy atom. The summed E-state index contributed by atoms with van der Waals surface area (Å²) in [4.78, 5) is 16.1. The van der Waals surface area contributed by atoms with Crippen LogP contribution in [0.1, 0.15) is 15.9 Å². The molecule has 23 heavy (non-hydrogen) atoms. The molecule has 2 aromatic rings. The third-order valence-corrected chi connectivity index (χ3v) is 2.92. The Balaban J connectivity index is 2.25. The Bertz CT molecular complexity index is 706. The number of alkyl halides is 2. The minimum Gasteiger partial charge on any atom is -0.471 e. The third kappa shape index (κ3) is 4.85. The van der Waals surface area contributed by atoms with Gasteiger partial charge in [-0.15, -0.1) is 0 Å². The highest BCUT2D eigenvalue weighted by Crippen LogP contribution is 2.22. The van der Waals surface area contributed by atoms with Crippen LogP contribution < -0.4 is 10.1 Å². The highest BCUT2D eigenvalue weighted by atomic mass is 35.5. The lowest BCUT2D eigenvalue weighted by Crippen LogP contribution is -2.17. The SMILES string of the molecule is Cc1cnc(OCC(F)F)c(C(=O)Nc2cc(F)cc(Cl)c2)c1. The molecule has 1 N–H and O–H groups in total. The number of carbonyl (C=O) groups is 1. The van der Waals surface area contributed by atoms with Crippen molar-refractivity contribution in [2.24, 2.45) is 0 Å². The van der Waals surface area contributed by atoms with Crippen LogP contribution in [0.25, 0.3) is 0 Å². The highest BCUT2D eigenvalue weighted by Gasteiger charge is 2.17. The summed E-state index contributed by atoms with van der Waals surface area (Å²) in [5, 5.41) is 2.53. The minimum atomic E-state index is -2.70. The predicted octanol–water partition coefficient (Wildman–Crippen LogP) is 4.08. The molecule has 0 aliphatic carbocycles. The highest BCUT2D eigenvalue weighted by molar-refractivity contribution is 6.31. The summed E-state index contributed by atoms with van der Waals surface area (Å²) >= 11 is 5.71. The number of halogens is 4. The number of nitrogens with one attached hydrogen (secondary N) is 1. The number of pyridine rings is 1. The molecule has 8 heteroatoms. The number of amides is 1. The zero-order chi connectivity index (χ0) is 17.0. The van der Waals surface area contributed by atoms with E-state index in [0.717, 1.165) is 12.1 Å². The van der Waals surface area contributed by atoms with E-state index in [0.29, 0.717) is 5.56 Å². The molecule has 1 aromatic carbocycles. The number of carbonyl (C=O) groups excluding carboxylic acids is 1. The van der Waals surface area contributed by atoms with Crippen molar-refractivity contribution in [3.8, 4) is 5.88 Å². The zero-order valence-corrected chi connectivity index (χ0v) is 12.7. The third-order valence-electron chi connectivity index (χ3n) is 2.70. The van der Waals surface area contributed by atoms with Crippen molar-refractivity contribution < 1.29 is 22.7 Å². The smallest absolute Gasteiger partial charge is 0.272 e. The zero-order valence-electron chi connectivity index (χ0n) is 11.9. The van der Waals surface area contributed by atoms with E-state index in [9.17, 15) is 18.0 Å². The largest absolute Gasteiger partial charge is 0.471 e. The fraction of sp³-hybridized carbons (Fsp3) is 0.200. The van der Waals surface area contributed by atoms with E-state index in [4.69, 9.17) is 16.3 Å². The van der Waals surface area contributed by atoms with Crippen molar-refractivity contribution in [3.05, 3.63) is 52.4 Å². The van der Waals surface area contributed by atoms with Crippen molar-refractivity contribution in [1.82, 2.24) is 4.98 Å². The van der Waals surface area contributed by atoms with Crippen molar-refractivity contribution in [2.75, 3.05) is 11.9 Å². The lowest BCUT2D eigenvalue weighted by Gasteiger charge is -2.11. The quantitative estimate of drug-likeness (QED) is 0.889. The molecule has 4 nitrogen and oxygen atoms in total. The number of hydrogen-bond donors (Lipinski definition) is 1. The van der Waals surface area contributed by atoms with Gasteiger partial charge in [-0.2, -0.15) is 0 Å². The van der Waals surface area contributed by atoms with Gasteiger partial charge in [0.15, 0.2) is 6.61 Å². The number of ether oxygens (including phenoxy) is 1. The maximum absolute atomic E-state index is 13.3. The molecular weight excluding hydrogens is 333 g/mol. The van der Waals surface area contributed by atoms with Gasteiger partial charge in [0, 0.05) is 16.9 Å². The van der Waals surface area contributed by atoms with Crippen molar-refractivity contribution in [3.63, 3.8) is 0 Å². The van der Waals surface area contributed by atoms with Gasteiger partial charge in [0.05, 0.1) is 0 Å². The van der Waals surface area contributed by atoms with E-state index in [1.165, 1.54) is 18.3 Å². The molecule has 0 aliphatic heterocycles. The summed E-state index contributed by atoms with van der Waals surface area (Å²) in [5.74, 6) is -1.52. The lowest BCUT2D eigenvalue weighted by atomic mass is 10.2. The second-order valence-corrected chi connectivity index (χ2v) is 5.12. The van der Waals surface area contributed by atoms with Crippen molar-refractivity contribution >= 4 is 23.2 Å². The van der Waals surface area contributed by atoms with Gasteiger partial charge in [0.2, 0.25) is 5.88 Å². The number of anilines is 1. The molecule has 0 spiro atoms. The van der Waals surface area contributed by atoms with E-state index in [1.807, 2.05) is 0 Å². The van der Waals surface area contributed by atoms with Crippen LogP contribution in [-0.2, 0) is 0 Å². The van der Waals surface area contributed by atoms with Gasteiger partial charge in [-0.1, -0.05) is 11.6 Å². The maximum Gasteiger partial charge on any atom is 0.272 e. The molecule has 0 saturated carbocycles. The topological polar surface area (TPSA) is 51.2 Å². The summed E-state index contributed by atoms with van der Waals surface area (Å²) in [6.07, 6.45) is -1.31. The van der Waals surface area contributed by atoms with Crippen LogP contribution in [0.15, 0.2) is 30.5 Å². The second kappa shape index (κ2) is 7.32. The van der Waals surface area contributed by atoms with E-state index in [1.54, 1.807) is 6.92 Å². The number of benzene rings is 1. The van der Waals surface area contributed by atoms with Gasteiger partial charge in [-0.05, 0) is 36.8 Å². The van der Waals surface area contributed by atoms with E-state index < -0.39 is 24.8 Å². The monoisotopic (exact) mass is 344 g/mol. The van der Waals surface area contributed by atoms with Crippen LogP contribution >= 0.6 is 11.6 Å². The molecule has 2 rings (SSSR count). The molecule has 0 aliphatic rings. The summed E-state index contributed by atoms with van der Waals surface area (Å²) < 4.78 is 42.6. The first-order valence-corrected chi connectivity index (χ1v) is 6.88. The van der Waals surface area contributed by atoms with Gasteiger partial charge < -0.3 is 10.1 Å². The molecule has 0 unspecified atom stereocenters. The fourth-order valence-electron chi connectivity index (χ4n) is 1.80. The van der Waals surface area contributed by atoms with Crippen molar-refractivity contribution in [1.29, 1.82) is 0 Å². The first-order chi connectivity index (χ1) is 10.8. The molecule has 0 bridgehead atoms. The first-order valence-electron chi connectivity index (χ1n) is 6.50. The van der Waals surface area contributed by atoms with Crippen LogP contribution in [0, 0.1) is 12.7 Å². The number of rotatable bonds is 5. The molecule has 1 aromatic heterocycles. The fourth-order valence-corrected chi connectivity index (χ4v) is 2.02. The molecule has 0 saturated heterocycles. The minimum absolute atomic E-state index is 0.0361. The molecule has 0 atom stereocenters. The van der Waals surface area contributed by atoms with E-state index >= 15 is 0 Å². The Kier molecular flexibility index (Phi) is 5.44. The number of aryl methyl sites for hydroxylation is 1. The van der Waals surface area contributed by atoms with Crippen LogP contribution in [-0.4, -0.2) is 23.9 Å². The average molecular weight is 345 g/mol. The molecular formula is C15H12ClF3N2O2. The van der Waals surface area contributed by atoms with Gasteiger partial charge >= 0.3 is 0 Å². The van der Waals surface area contributed by atoms with Gasteiger partial charge in [0.1, 0.15) is 11.4 Å². The maximum atomic E-state index is 13.3. The molecule has 1 heterocycles. The summed E-state index contributed by atoms with van der Waals surface area (Å²) in [6, 6.07) is 4.95. The Morgan fingerprint density at radius 1 is 1.35 bits per heavy atom. The van der Waals surface area contributed by atoms with Gasteiger partial charge in [-0.3, -0.25) is 4.79 Å². The Morgan fingerprint density at radius 3 is 2.74 bits per heavy atom. The van der Waals surface area contributed by atoms with Gasteiger partial charge in [0.25, 0.3) is 12.3 Å². The average Bonchev–Trinajstić information content (AvgIpc) is 2.44. The summed E-state index contributed by atoms with van der Waals surface area (Å²) in [6.45, 7) is 0.794. The predicted molar refractivity (Wildman–Crippen MR) is 79.8 cm³/mol. The lowest BCUT2D eigenvalue weighted by molar-refractivity contribution is 0.0780. The summed E-state index contributed by atoms with van der Waals surface area (Å²) in [5.41, 5.74) is 0.726. The number of aromatic nitrogens is 1. The Labute approximate surface area is 135 Å². The Hall–Kier alpha value is -2.28. The second-order valence-electron chi connectivity index (χ2n) is 4.68. The number of hydrogen-bond acceptors (Lipinski definition) is 3. The van der Waals surface area contributed by atoms with Crippen LogP contribution in [0.2, 0.25) is 5.02 Å². The van der Waals surface area contributed by atoms with Crippen molar-refractivity contribution in [2.45, 2.75) is 13.3 Å². The first kappa shape index (κ1) is 17.1.